The van der Waals surface area contributed by atoms with Gasteiger partial charge in [-0.3, -0.25) is 19.5 Å². The van der Waals surface area contributed by atoms with Gasteiger partial charge in [-0.2, -0.15) is 0 Å². The van der Waals surface area contributed by atoms with E-state index >= 15 is 0 Å². The van der Waals surface area contributed by atoms with Gasteiger partial charge in [-0.05, 0) is 24.1 Å². The Kier molecular flexibility index (Phi) is 7.44. The van der Waals surface area contributed by atoms with Crippen molar-refractivity contribution in [3.05, 3.63) is 46.2 Å². The second-order valence-electron chi connectivity index (χ2n) is 6.20. The number of hydrogen-bond donors (Lipinski definition) is 2. The molecule has 0 aliphatic carbocycles. The first-order chi connectivity index (χ1) is 12.8. The molecule has 0 unspecified atom stereocenters. The van der Waals surface area contributed by atoms with E-state index in [1.54, 1.807) is 22.8 Å². The zero-order chi connectivity index (χ0) is 20.0. The van der Waals surface area contributed by atoms with Gasteiger partial charge >= 0.3 is 6.03 Å². The van der Waals surface area contributed by atoms with Gasteiger partial charge in [0.15, 0.2) is 5.16 Å². The Labute approximate surface area is 166 Å². The van der Waals surface area contributed by atoms with E-state index in [-0.39, 0.29) is 23.8 Å². The van der Waals surface area contributed by atoms with E-state index in [1.807, 2.05) is 13.8 Å². The highest BCUT2D eigenvalue weighted by molar-refractivity contribution is 7.99. The first-order valence-corrected chi connectivity index (χ1v) is 9.69. The van der Waals surface area contributed by atoms with Crippen molar-refractivity contribution >= 4 is 46.2 Å². The van der Waals surface area contributed by atoms with Gasteiger partial charge in [0.1, 0.15) is 0 Å². The fourth-order valence-corrected chi connectivity index (χ4v) is 3.29. The van der Waals surface area contributed by atoms with E-state index in [0.29, 0.717) is 27.6 Å². The van der Waals surface area contributed by atoms with Crippen LogP contribution in [0.1, 0.15) is 13.8 Å². The highest BCUT2D eigenvalue weighted by Crippen LogP contribution is 2.21. The molecule has 0 aliphatic rings. The van der Waals surface area contributed by atoms with E-state index < -0.39 is 11.9 Å². The van der Waals surface area contributed by atoms with Crippen molar-refractivity contribution in [1.29, 1.82) is 0 Å². The molecular formula is C18H21ClN4O3S. The number of carbonyl (C=O) groups is 2. The smallest absolute Gasteiger partial charge is 0.321 e. The molecule has 0 saturated carbocycles. The molecule has 0 aliphatic heterocycles. The number of aromatic nitrogens is 2. The molecule has 0 bridgehead atoms. The van der Waals surface area contributed by atoms with Gasteiger partial charge in [-0.25, -0.2) is 9.78 Å². The predicted molar refractivity (Wildman–Crippen MR) is 108 cm³/mol. The van der Waals surface area contributed by atoms with Crippen LogP contribution in [0, 0.1) is 5.92 Å². The summed E-state index contributed by atoms with van der Waals surface area (Å²) in [6, 6.07) is 4.31. The summed E-state index contributed by atoms with van der Waals surface area (Å²) in [5.74, 6) is -0.330. The topological polar surface area (TPSA) is 93.1 Å². The number of imide groups is 1. The second-order valence-corrected chi connectivity index (χ2v) is 7.58. The molecule has 0 fully saturated rings. The second kappa shape index (κ2) is 9.57. The van der Waals surface area contributed by atoms with Crippen LogP contribution in [0.2, 0.25) is 5.02 Å². The summed E-state index contributed by atoms with van der Waals surface area (Å²) in [7, 11) is 0. The van der Waals surface area contributed by atoms with Crippen molar-refractivity contribution in [3.8, 4) is 0 Å². The molecule has 2 rings (SSSR count). The van der Waals surface area contributed by atoms with Gasteiger partial charge in [0.2, 0.25) is 5.91 Å². The number of halogens is 1. The monoisotopic (exact) mass is 408 g/mol. The number of hydrogen-bond acceptors (Lipinski definition) is 5. The number of urea groups is 1. The van der Waals surface area contributed by atoms with Crippen molar-refractivity contribution in [3.63, 3.8) is 0 Å². The summed E-state index contributed by atoms with van der Waals surface area (Å²) in [5.41, 5.74) is 0.288. The number of carbonyl (C=O) groups excluding carboxylic acids is 2. The lowest BCUT2D eigenvalue weighted by atomic mass is 10.2. The maximum atomic E-state index is 12.8. The molecule has 7 nitrogen and oxygen atoms in total. The van der Waals surface area contributed by atoms with E-state index in [1.165, 1.54) is 6.08 Å². The first-order valence-electron chi connectivity index (χ1n) is 8.33. The molecule has 2 aromatic rings. The minimum absolute atomic E-state index is 0.0574. The average Bonchev–Trinajstić information content (AvgIpc) is 2.60. The molecule has 2 N–H and O–H groups in total. The van der Waals surface area contributed by atoms with Crippen LogP contribution in [0.4, 0.5) is 4.79 Å². The Morgan fingerprint density at radius 1 is 1.41 bits per heavy atom. The largest absolute Gasteiger partial charge is 0.334 e. The van der Waals surface area contributed by atoms with Crippen molar-refractivity contribution in [2.45, 2.75) is 25.5 Å². The van der Waals surface area contributed by atoms with E-state index in [4.69, 9.17) is 11.6 Å². The van der Waals surface area contributed by atoms with Gasteiger partial charge in [0, 0.05) is 18.1 Å². The molecule has 0 spiro atoms. The molecule has 0 atom stereocenters. The van der Waals surface area contributed by atoms with E-state index in [0.717, 1.165) is 11.8 Å². The van der Waals surface area contributed by atoms with Crippen LogP contribution in [0.15, 0.2) is 40.8 Å². The van der Waals surface area contributed by atoms with Gasteiger partial charge in [-0.1, -0.05) is 43.3 Å². The van der Waals surface area contributed by atoms with E-state index in [2.05, 4.69) is 22.2 Å². The Bertz CT molecular complexity index is 927. The van der Waals surface area contributed by atoms with Crippen molar-refractivity contribution < 1.29 is 9.59 Å². The minimum Gasteiger partial charge on any atom is -0.334 e. The SMILES string of the molecule is C=CCNC(=O)NC(=O)CSc1nc2cc(Cl)ccc2c(=O)n1CC(C)C. The van der Waals surface area contributed by atoms with Crippen LogP contribution in [-0.2, 0) is 11.3 Å². The molecule has 1 heterocycles. The van der Waals surface area contributed by atoms with Gasteiger partial charge in [0.05, 0.1) is 16.7 Å². The molecule has 1 aromatic heterocycles. The first kappa shape index (κ1) is 21.0. The zero-order valence-corrected chi connectivity index (χ0v) is 16.7. The fourth-order valence-electron chi connectivity index (χ4n) is 2.31. The summed E-state index contributed by atoms with van der Waals surface area (Å²) < 4.78 is 1.55. The van der Waals surface area contributed by atoms with Crippen molar-refractivity contribution in [2.75, 3.05) is 12.3 Å². The summed E-state index contributed by atoms with van der Waals surface area (Å²) in [5, 5.41) is 6.02. The van der Waals surface area contributed by atoms with Gasteiger partial charge in [0.25, 0.3) is 5.56 Å². The molecule has 3 amide bonds. The maximum absolute atomic E-state index is 12.8. The van der Waals surface area contributed by atoms with Gasteiger partial charge < -0.3 is 5.32 Å². The fraction of sp³-hybridized carbons (Fsp3) is 0.333. The standard InChI is InChI=1S/C18H21ClN4O3S/c1-4-7-20-17(26)22-15(24)10-27-18-21-14-8-12(19)5-6-13(14)16(25)23(18)9-11(2)3/h4-6,8,11H,1,7,9-10H2,2-3H3,(H2,20,22,24,26). The molecule has 9 heteroatoms. The van der Waals surface area contributed by atoms with Crippen LogP contribution >= 0.6 is 23.4 Å². The normalized spacial score (nSPS) is 10.8. The number of rotatable bonds is 7. The summed E-state index contributed by atoms with van der Waals surface area (Å²) in [4.78, 5) is 40.8. The lowest BCUT2D eigenvalue weighted by Crippen LogP contribution is -2.40. The lowest BCUT2D eigenvalue weighted by molar-refractivity contribution is -0.117. The number of fused-ring (bicyclic) bond motifs is 1. The number of benzene rings is 1. The van der Waals surface area contributed by atoms with Crippen molar-refractivity contribution in [2.24, 2.45) is 5.92 Å². The number of nitrogens with one attached hydrogen (secondary N) is 2. The quantitative estimate of drug-likeness (QED) is 0.417. The third-order valence-corrected chi connectivity index (χ3v) is 4.63. The Balaban J connectivity index is 2.24. The third kappa shape index (κ3) is 5.83. The molecule has 0 radical (unpaired) electrons. The lowest BCUT2D eigenvalue weighted by Gasteiger charge is -2.15. The molecule has 1 aromatic carbocycles. The van der Waals surface area contributed by atoms with Crippen LogP contribution in [0.25, 0.3) is 10.9 Å². The Morgan fingerprint density at radius 3 is 2.81 bits per heavy atom. The van der Waals surface area contributed by atoms with Crippen LogP contribution in [-0.4, -0.2) is 33.8 Å². The summed E-state index contributed by atoms with van der Waals surface area (Å²) in [6.45, 7) is 8.18. The molecule has 144 valence electrons. The van der Waals surface area contributed by atoms with Crippen LogP contribution in [0.3, 0.4) is 0 Å². The number of nitrogens with zero attached hydrogens (tertiary/aromatic N) is 2. The zero-order valence-electron chi connectivity index (χ0n) is 15.1. The molecule has 27 heavy (non-hydrogen) atoms. The summed E-state index contributed by atoms with van der Waals surface area (Å²) in [6.07, 6.45) is 1.51. The number of amides is 3. The van der Waals surface area contributed by atoms with Crippen molar-refractivity contribution in [1.82, 2.24) is 20.2 Å². The Hall–Kier alpha value is -2.32. The maximum Gasteiger partial charge on any atom is 0.321 e. The Morgan fingerprint density at radius 2 is 2.15 bits per heavy atom. The number of thioether (sulfide) groups is 1. The van der Waals surface area contributed by atoms with Crippen LogP contribution in [0.5, 0.6) is 0 Å². The highest BCUT2D eigenvalue weighted by Gasteiger charge is 2.15. The summed E-state index contributed by atoms with van der Waals surface area (Å²) >= 11 is 7.10. The third-order valence-electron chi connectivity index (χ3n) is 3.42. The minimum atomic E-state index is -0.599. The van der Waals surface area contributed by atoms with E-state index in [9.17, 15) is 14.4 Å². The van der Waals surface area contributed by atoms with Gasteiger partial charge in [-0.15, -0.1) is 6.58 Å². The van der Waals surface area contributed by atoms with Crippen LogP contribution < -0.4 is 16.2 Å². The highest BCUT2D eigenvalue weighted by atomic mass is 35.5. The molecular weight excluding hydrogens is 388 g/mol. The predicted octanol–water partition coefficient (Wildman–Crippen LogP) is 2.81. The average molecular weight is 409 g/mol. The molecule has 0 saturated heterocycles.